The number of halogens is 5. The van der Waals surface area contributed by atoms with Crippen molar-refractivity contribution in [1.29, 1.82) is 0 Å². The lowest BCUT2D eigenvalue weighted by Gasteiger charge is -2.14. The number of rotatable bonds is 7. The first-order valence-corrected chi connectivity index (χ1v) is 12.6. The van der Waals surface area contributed by atoms with Crippen LogP contribution >= 0.6 is 74.1 Å². The number of amides is 2. The van der Waals surface area contributed by atoms with Gasteiger partial charge in [0.15, 0.2) is 0 Å². The Kier molecular flexibility index (Phi) is 9.14. The number of aromatic carboxylic acids is 1. The van der Waals surface area contributed by atoms with E-state index in [4.69, 9.17) is 46.4 Å². The Morgan fingerprint density at radius 1 is 0.765 bits per heavy atom. The van der Waals surface area contributed by atoms with Crippen LogP contribution in [-0.2, 0) is 4.79 Å². The lowest BCUT2D eigenvalue weighted by molar-refractivity contribution is -0.113. The zero-order chi connectivity index (χ0) is 25.0. The van der Waals surface area contributed by atoms with Crippen molar-refractivity contribution in [2.24, 2.45) is 0 Å². The van der Waals surface area contributed by atoms with Crippen molar-refractivity contribution < 1.29 is 19.5 Å². The molecule has 0 radical (unpaired) electrons. The van der Waals surface area contributed by atoms with E-state index in [0.717, 1.165) is 9.37 Å². The standard InChI is InChI=1S/C22H13BrCl4N2O4S/c23-10-1-3-11(4-2-10)28-14(30)9-34-13-7-5-12(6-8-13)29-21(31)15-16(22(32)33)18(25)20(27)19(26)17(15)24/h1-8H,9H2,(H,28,30)(H,29,31)(H,32,33). The van der Waals surface area contributed by atoms with E-state index in [1.54, 1.807) is 36.4 Å². The highest BCUT2D eigenvalue weighted by Gasteiger charge is 2.28. The lowest BCUT2D eigenvalue weighted by atomic mass is 10.1. The molecule has 3 aromatic rings. The van der Waals surface area contributed by atoms with Crippen LogP contribution < -0.4 is 10.6 Å². The maximum atomic E-state index is 12.8. The Hall–Kier alpha value is -1.94. The van der Waals surface area contributed by atoms with Crippen molar-refractivity contribution >= 4 is 103 Å². The summed E-state index contributed by atoms with van der Waals surface area (Å²) in [5.41, 5.74) is 0.0936. The highest BCUT2D eigenvalue weighted by molar-refractivity contribution is 9.10. The molecular formula is C22H13BrCl4N2O4S. The number of benzene rings is 3. The van der Waals surface area contributed by atoms with Crippen molar-refractivity contribution in [3.63, 3.8) is 0 Å². The fourth-order valence-electron chi connectivity index (χ4n) is 2.75. The first kappa shape index (κ1) is 26.7. The van der Waals surface area contributed by atoms with Gasteiger partial charge in [0.25, 0.3) is 5.91 Å². The van der Waals surface area contributed by atoms with E-state index in [1.165, 1.54) is 11.8 Å². The summed E-state index contributed by atoms with van der Waals surface area (Å²) in [4.78, 5) is 37.4. The van der Waals surface area contributed by atoms with Crippen LogP contribution in [0.25, 0.3) is 0 Å². The predicted octanol–water partition coefficient (Wildman–Crippen LogP) is 7.74. The maximum Gasteiger partial charge on any atom is 0.338 e. The molecule has 176 valence electrons. The van der Waals surface area contributed by atoms with Crippen LogP contribution in [-0.4, -0.2) is 28.6 Å². The highest BCUT2D eigenvalue weighted by Crippen LogP contribution is 2.41. The van der Waals surface area contributed by atoms with Gasteiger partial charge in [0.2, 0.25) is 5.91 Å². The molecule has 3 aromatic carbocycles. The van der Waals surface area contributed by atoms with E-state index in [0.29, 0.717) is 11.4 Å². The monoisotopic (exact) mass is 620 g/mol. The van der Waals surface area contributed by atoms with E-state index in [9.17, 15) is 19.5 Å². The summed E-state index contributed by atoms with van der Waals surface area (Å²) < 4.78 is 0.913. The third-order valence-electron chi connectivity index (χ3n) is 4.32. The zero-order valence-corrected chi connectivity index (χ0v) is 22.2. The number of thioether (sulfide) groups is 1. The van der Waals surface area contributed by atoms with Gasteiger partial charge >= 0.3 is 5.97 Å². The maximum absolute atomic E-state index is 12.8. The number of carbonyl (C=O) groups is 3. The normalized spacial score (nSPS) is 10.6. The average Bonchev–Trinajstić information content (AvgIpc) is 2.80. The van der Waals surface area contributed by atoms with Gasteiger partial charge in [-0.3, -0.25) is 9.59 Å². The summed E-state index contributed by atoms with van der Waals surface area (Å²) in [5, 5.41) is 13.6. The third-order valence-corrected chi connectivity index (χ3v) is 7.66. The van der Waals surface area contributed by atoms with Crippen LogP contribution in [0.2, 0.25) is 20.1 Å². The van der Waals surface area contributed by atoms with Gasteiger partial charge in [0.05, 0.1) is 37.0 Å². The fraction of sp³-hybridized carbons (Fsp3) is 0.0455. The number of hydrogen-bond donors (Lipinski definition) is 3. The highest BCUT2D eigenvalue weighted by atomic mass is 79.9. The number of carbonyl (C=O) groups excluding carboxylic acids is 2. The Bertz CT molecular complexity index is 1270. The molecule has 0 fully saturated rings. The van der Waals surface area contributed by atoms with Crippen molar-refractivity contribution in [2.75, 3.05) is 16.4 Å². The van der Waals surface area contributed by atoms with Crippen molar-refractivity contribution in [3.05, 3.63) is 84.2 Å². The van der Waals surface area contributed by atoms with E-state index < -0.39 is 23.0 Å². The van der Waals surface area contributed by atoms with E-state index in [2.05, 4.69) is 26.6 Å². The molecule has 3 rings (SSSR count). The van der Waals surface area contributed by atoms with E-state index in [1.807, 2.05) is 12.1 Å². The molecule has 34 heavy (non-hydrogen) atoms. The van der Waals surface area contributed by atoms with Crippen LogP contribution in [0.15, 0.2) is 57.9 Å². The van der Waals surface area contributed by atoms with Gasteiger partial charge in [-0.1, -0.05) is 62.3 Å². The zero-order valence-electron chi connectivity index (χ0n) is 16.8. The number of hydrogen-bond acceptors (Lipinski definition) is 4. The summed E-state index contributed by atoms with van der Waals surface area (Å²) >= 11 is 28.6. The molecule has 0 aliphatic rings. The summed E-state index contributed by atoms with van der Waals surface area (Å²) in [7, 11) is 0. The quantitative estimate of drug-likeness (QED) is 0.142. The largest absolute Gasteiger partial charge is 0.478 e. The minimum Gasteiger partial charge on any atom is -0.478 e. The van der Waals surface area contributed by atoms with Gasteiger partial charge < -0.3 is 15.7 Å². The summed E-state index contributed by atoms with van der Waals surface area (Å²) in [6.07, 6.45) is 0. The van der Waals surface area contributed by atoms with Crippen LogP contribution in [0.5, 0.6) is 0 Å². The van der Waals surface area contributed by atoms with E-state index >= 15 is 0 Å². The fourth-order valence-corrected chi connectivity index (χ4v) is 4.74. The Morgan fingerprint density at radius 2 is 1.26 bits per heavy atom. The molecule has 0 unspecified atom stereocenters. The number of nitrogens with one attached hydrogen (secondary N) is 2. The molecule has 0 bridgehead atoms. The predicted molar refractivity (Wildman–Crippen MR) is 141 cm³/mol. The molecule has 0 heterocycles. The van der Waals surface area contributed by atoms with Crippen molar-refractivity contribution in [3.8, 4) is 0 Å². The molecule has 12 heteroatoms. The second kappa shape index (κ2) is 11.7. The number of anilines is 2. The molecule has 0 aliphatic heterocycles. The summed E-state index contributed by atoms with van der Waals surface area (Å²) in [6.45, 7) is 0. The Labute approximate surface area is 227 Å². The first-order valence-electron chi connectivity index (χ1n) is 9.27. The molecule has 0 spiro atoms. The van der Waals surface area contributed by atoms with Gasteiger partial charge in [-0.05, 0) is 48.5 Å². The van der Waals surface area contributed by atoms with Crippen LogP contribution in [0.4, 0.5) is 11.4 Å². The second-order valence-corrected chi connectivity index (χ2v) is 10.1. The molecule has 3 N–H and O–H groups in total. The number of carboxylic acid groups (broad SMARTS) is 1. The molecule has 0 aliphatic carbocycles. The minimum atomic E-state index is -1.48. The topological polar surface area (TPSA) is 95.5 Å². The van der Waals surface area contributed by atoms with Gasteiger partial charge in [-0.2, -0.15) is 0 Å². The molecule has 2 amide bonds. The van der Waals surface area contributed by atoms with Gasteiger partial charge in [-0.15, -0.1) is 11.8 Å². The van der Waals surface area contributed by atoms with Crippen molar-refractivity contribution in [1.82, 2.24) is 0 Å². The van der Waals surface area contributed by atoms with Gasteiger partial charge in [-0.25, -0.2) is 4.79 Å². The molecule has 0 saturated carbocycles. The first-order chi connectivity index (χ1) is 16.1. The SMILES string of the molecule is O=C(CSc1ccc(NC(=O)c2c(Cl)c(Cl)c(Cl)c(Cl)c2C(=O)O)cc1)Nc1ccc(Br)cc1. The third kappa shape index (κ3) is 6.38. The van der Waals surface area contributed by atoms with Crippen LogP contribution in [0, 0.1) is 0 Å². The molecule has 0 aromatic heterocycles. The molecule has 6 nitrogen and oxygen atoms in total. The summed E-state index contributed by atoms with van der Waals surface area (Å²) in [6, 6.07) is 13.8. The Balaban J connectivity index is 1.67. The molecule has 0 atom stereocenters. The second-order valence-electron chi connectivity index (χ2n) is 6.63. The van der Waals surface area contributed by atoms with E-state index in [-0.39, 0.29) is 31.8 Å². The van der Waals surface area contributed by atoms with Gasteiger partial charge in [0.1, 0.15) is 0 Å². The minimum absolute atomic E-state index is 0.169. The lowest BCUT2D eigenvalue weighted by Crippen LogP contribution is -2.18. The van der Waals surface area contributed by atoms with Crippen LogP contribution in [0.3, 0.4) is 0 Å². The Morgan fingerprint density at radius 3 is 1.82 bits per heavy atom. The van der Waals surface area contributed by atoms with Gasteiger partial charge in [0, 0.05) is 20.7 Å². The average molecular weight is 623 g/mol. The smallest absolute Gasteiger partial charge is 0.338 e. The molecule has 0 saturated heterocycles. The summed E-state index contributed by atoms with van der Waals surface area (Å²) in [5.74, 6) is -2.29. The molecular weight excluding hydrogens is 610 g/mol. The number of carboxylic acids is 1. The van der Waals surface area contributed by atoms with Crippen LogP contribution in [0.1, 0.15) is 20.7 Å². The van der Waals surface area contributed by atoms with Crippen molar-refractivity contribution in [2.45, 2.75) is 4.90 Å².